The summed E-state index contributed by atoms with van der Waals surface area (Å²) in [6.07, 6.45) is 4.67. The van der Waals surface area contributed by atoms with E-state index in [1.807, 2.05) is 48.2 Å². The second-order valence-corrected chi connectivity index (χ2v) is 8.16. The molecular weight excluding hydrogens is 348 g/mol. The maximum Gasteiger partial charge on any atom is 0.254 e. The molecule has 2 fully saturated rings. The zero-order valence-corrected chi connectivity index (χ0v) is 16.5. The third-order valence-corrected chi connectivity index (χ3v) is 5.89. The van der Waals surface area contributed by atoms with Crippen molar-refractivity contribution in [2.24, 2.45) is 5.92 Å². The first kappa shape index (κ1) is 18.9. The summed E-state index contributed by atoms with van der Waals surface area (Å²) < 4.78 is 0. The topological polar surface area (TPSA) is 49.4 Å². The zero-order chi connectivity index (χ0) is 19.5. The van der Waals surface area contributed by atoms with Crippen molar-refractivity contribution in [1.29, 1.82) is 0 Å². The number of hydrogen-bond acceptors (Lipinski definition) is 3. The monoisotopic (exact) mass is 376 g/mol. The molecule has 4 rings (SSSR count). The Labute approximate surface area is 166 Å². The van der Waals surface area contributed by atoms with Crippen LogP contribution >= 0.6 is 0 Å². The Bertz CT molecular complexity index is 847. The molecule has 1 saturated carbocycles. The third kappa shape index (κ3) is 4.33. The number of amides is 1. The lowest BCUT2D eigenvalue weighted by Crippen LogP contribution is -2.45. The largest absolute Gasteiger partial charge is 0.339 e. The molecule has 1 saturated heterocycles. The van der Waals surface area contributed by atoms with Crippen molar-refractivity contribution >= 4 is 11.7 Å². The van der Waals surface area contributed by atoms with Crippen LogP contribution < -0.4 is 5.32 Å². The molecule has 1 aliphatic carbocycles. The number of carbonyl (C=O) groups is 2. The van der Waals surface area contributed by atoms with Crippen LogP contribution in [0.2, 0.25) is 0 Å². The van der Waals surface area contributed by atoms with Crippen molar-refractivity contribution in [3.05, 3.63) is 70.8 Å². The average molecular weight is 377 g/mol. The van der Waals surface area contributed by atoms with E-state index in [1.54, 1.807) is 12.1 Å². The van der Waals surface area contributed by atoms with E-state index in [1.165, 1.54) is 12.8 Å². The molecule has 2 aliphatic rings. The van der Waals surface area contributed by atoms with Crippen LogP contribution in [-0.4, -0.2) is 42.3 Å². The molecule has 146 valence electrons. The Morgan fingerprint density at radius 2 is 1.57 bits per heavy atom. The van der Waals surface area contributed by atoms with Crippen LogP contribution in [0.3, 0.4) is 0 Å². The number of benzene rings is 2. The number of carbonyl (C=O) groups excluding carboxylic acids is 2. The van der Waals surface area contributed by atoms with E-state index in [-0.39, 0.29) is 11.7 Å². The Hall–Kier alpha value is -2.46. The Morgan fingerprint density at radius 3 is 2.21 bits per heavy atom. The van der Waals surface area contributed by atoms with Gasteiger partial charge in [-0.3, -0.25) is 9.59 Å². The van der Waals surface area contributed by atoms with Gasteiger partial charge in [-0.2, -0.15) is 0 Å². The van der Waals surface area contributed by atoms with Gasteiger partial charge in [0.2, 0.25) is 0 Å². The van der Waals surface area contributed by atoms with Gasteiger partial charge in [-0.25, -0.2) is 0 Å². The first-order chi connectivity index (χ1) is 13.6. The van der Waals surface area contributed by atoms with Crippen molar-refractivity contribution < 1.29 is 9.59 Å². The van der Waals surface area contributed by atoms with E-state index in [4.69, 9.17) is 0 Å². The first-order valence-corrected chi connectivity index (χ1v) is 10.3. The maximum absolute atomic E-state index is 13.1. The predicted octanol–water partition coefficient (Wildman–Crippen LogP) is 3.83. The van der Waals surface area contributed by atoms with Gasteiger partial charge in [-0.15, -0.1) is 0 Å². The highest BCUT2D eigenvalue weighted by atomic mass is 16.2. The lowest BCUT2D eigenvalue weighted by molar-refractivity contribution is 0.0701. The molecule has 1 amide bonds. The number of piperidine rings is 1. The summed E-state index contributed by atoms with van der Waals surface area (Å²) in [5, 5.41) is 3.65. The lowest BCUT2D eigenvalue weighted by atomic mass is 9.96. The van der Waals surface area contributed by atoms with Crippen molar-refractivity contribution in [2.45, 2.75) is 38.6 Å². The van der Waals surface area contributed by atoms with Gasteiger partial charge in [0.15, 0.2) is 5.78 Å². The van der Waals surface area contributed by atoms with Gasteiger partial charge in [-0.1, -0.05) is 48.0 Å². The number of likely N-dealkylation sites (tertiary alicyclic amines) is 1. The van der Waals surface area contributed by atoms with Crippen LogP contribution in [0.25, 0.3) is 0 Å². The van der Waals surface area contributed by atoms with Gasteiger partial charge in [-0.05, 0) is 51.1 Å². The van der Waals surface area contributed by atoms with Crippen LogP contribution in [0.4, 0.5) is 0 Å². The van der Waals surface area contributed by atoms with E-state index < -0.39 is 0 Å². The highest BCUT2D eigenvalue weighted by Gasteiger charge is 2.28. The third-order valence-electron chi connectivity index (χ3n) is 5.89. The van der Waals surface area contributed by atoms with E-state index in [2.05, 4.69) is 5.32 Å². The molecule has 1 N–H and O–H groups in total. The molecule has 0 radical (unpaired) electrons. The minimum absolute atomic E-state index is 0.0308. The fraction of sp³-hybridized carbons (Fsp3) is 0.417. The standard InChI is InChI=1S/C24H28N2O2/c1-17-6-10-19(11-7-17)23(27)21-4-2-3-5-22(21)24(28)26-14-12-20(13-15-26)25-16-18-8-9-18/h2-7,10-11,18,20,25H,8-9,12-16H2,1H3. The van der Waals surface area contributed by atoms with Crippen LogP contribution in [0, 0.1) is 12.8 Å². The first-order valence-electron chi connectivity index (χ1n) is 10.3. The smallest absolute Gasteiger partial charge is 0.254 e. The predicted molar refractivity (Wildman–Crippen MR) is 111 cm³/mol. The lowest BCUT2D eigenvalue weighted by Gasteiger charge is -2.33. The number of nitrogens with one attached hydrogen (secondary N) is 1. The van der Waals surface area contributed by atoms with Crippen molar-refractivity contribution in [3.8, 4) is 0 Å². The summed E-state index contributed by atoms with van der Waals surface area (Å²) in [5.74, 6) is 0.751. The molecule has 4 nitrogen and oxygen atoms in total. The summed E-state index contributed by atoms with van der Waals surface area (Å²) in [6.45, 7) is 4.60. The van der Waals surface area contributed by atoms with Gasteiger partial charge in [0, 0.05) is 30.3 Å². The molecule has 0 unspecified atom stereocenters. The van der Waals surface area contributed by atoms with Crippen LogP contribution in [0.5, 0.6) is 0 Å². The van der Waals surface area contributed by atoms with E-state index in [0.717, 1.165) is 44.0 Å². The Morgan fingerprint density at radius 1 is 0.929 bits per heavy atom. The van der Waals surface area contributed by atoms with Crippen LogP contribution in [-0.2, 0) is 0 Å². The molecule has 1 heterocycles. The van der Waals surface area contributed by atoms with Gasteiger partial charge >= 0.3 is 0 Å². The molecule has 28 heavy (non-hydrogen) atoms. The zero-order valence-electron chi connectivity index (χ0n) is 16.5. The number of ketones is 1. The molecule has 0 spiro atoms. The average Bonchev–Trinajstić information content (AvgIpc) is 3.57. The molecule has 0 aromatic heterocycles. The second-order valence-electron chi connectivity index (χ2n) is 8.16. The maximum atomic E-state index is 13.1. The Balaban J connectivity index is 1.44. The van der Waals surface area contributed by atoms with Gasteiger partial charge in [0.05, 0.1) is 5.56 Å². The summed E-state index contributed by atoms with van der Waals surface area (Å²) in [4.78, 5) is 28.0. The van der Waals surface area contributed by atoms with Crippen molar-refractivity contribution in [1.82, 2.24) is 10.2 Å². The fourth-order valence-corrected chi connectivity index (χ4v) is 3.84. The Kier molecular flexibility index (Phi) is 5.58. The summed E-state index contributed by atoms with van der Waals surface area (Å²) in [5.41, 5.74) is 2.73. The molecule has 2 aromatic rings. The molecular formula is C24H28N2O2. The van der Waals surface area contributed by atoms with Crippen molar-refractivity contribution in [3.63, 3.8) is 0 Å². The van der Waals surface area contributed by atoms with E-state index in [9.17, 15) is 9.59 Å². The number of rotatable bonds is 6. The van der Waals surface area contributed by atoms with Crippen molar-refractivity contribution in [2.75, 3.05) is 19.6 Å². The van der Waals surface area contributed by atoms with Crippen LogP contribution in [0.1, 0.15) is 57.5 Å². The SMILES string of the molecule is Cc1ccc(C(=O)c2ccccc2C(=O)N2CCC(NCC3CC3)CC2)cc1. The summed E-state index contributed by atoms with van der Waals surface area (Å²) >= 11 is 0. The number of aryl methyl sites for hydroxylation is 1. The molecule has 0 bridgehead atoms. The summed E-state index contributed by atoms with van der Waals surface area (Å²) in [7, 11) is 0. The van der Waals surface area contributed by atoms with Gasteiger partial charge in [0.1, 0.15) is 0 Å². The highest BCUT2D eigenvalue weighted by molar-refractivity contribution is 6.15. The number of nitrogens with zero attached hydrogens (tertiary/aromatic N) is 1. The van der Waals surface area contributed by atoms with Gasteiger partial charge < -0.3 is 10.2 Å². The summed E-state index contributed by atoms with van der Waals surface area (Å²) in [6, 6.07) is 15.2. The molecule has 1 aliphatic heterocycles. The minimum Gasteiger partial charge on any atom is -0.339 e. The number of hydrogen-bond donors (Lipinski definition) is 1. The van der Waals surface area contributed by atoms with Crippen LogP contribution in [0.15, 0.2) is 48.5 Å². The quantitative estimate of drug-likeness (QED) is 0.780. The van der Waals surface area contributed by atoms with E-state index in [0.29, 0.717) is 22.7 Å². The normalized spacial score (nSPS) is 17.5. The molecule has 2 aromatic carbocycles. The second kappa shape index (κ2) is 8.27. The highest BCUT2D eigenvalue weighted by Crippen LogP contribution is 2.28. The fourth-order valence-electron chi connectivity index (χ4n) is 3.84. The van der Waals surface area contributed by atoms with Gasteiger partial charge in [0.25, 0.3) is 5.91 Å². The molecule has 4 heteroatoms. The minimum atomic E-state index is -0.0927. The van der Waals surface area contributed by atoms with E-state index >= 15 is 0 Å². The molecule has 0 atom stereocenters.